The van der Waals surface area contributed by atoms with Gasteiger partial charge >= 0.3 is 0 Å². The molecule has 25 heavy (non-hydrogen) atoms. The van der Waals surface area contributed by atoms with E-state index in [4.69, 9.17) is 16.3 Å². The van der Waals surface area contributed by atoms with Gasteiger partial charge in [-0.15, -0.1) is 0 Å². The Kier molecular flexibility index (Phi) is 4.35. The van der Waals surface area contributed by atoms with E-state index in [1.54, 1.807) is 29.1 Å². The van der Waals surface area contributed by atoms with Gasteiger partial charge in [-0.25, -0.2) is 19.0 Å². The number of aliphatic imine (C=N–C) groups is 1. The van der Waals surface area contributed by atoms with Crippen molar-refractivity contribution in [1.82, 2.24) is 14.8 Å². The number of benzene rings is 1. The van der Waals surface area contributed by atoms with Crippen LogP contribution in [0, 0.1) is 5.82 Å². The molecule has 0 amide bonds. The Morgan fingerprint density at radius 2 is 2.08 bits per heavy atom. The van der Waals surface area contributed by atoms with E-state index < -0.39 is 0 Å². The molecule has 4 rings (SSSR count). The first-order chi connectivity index (χ1) is 12.0. The highest BCUT2D eigenvalue weighted by molar-refractivity contribution is 9.10. The summed E-state index contributed by atoms with van der Waals surface area (Å²) in [5, 5.41) is 4.81. The van der Waals surface area contributed by atoms with Crippen LogP contribution < -0.4 is 0 Å². The van der Waals surface area contributed by atoms with Crippen molar-refractivity contribution in [1.29, 1.82) is 0 Å². The van der Waals surface area contributed by atoms with Gasteiger partial charge in [-0.1, -0.05) is 11.6 Å². The van der Waals surface area contributed by atoms with E-state index in [0.29, 0.717) is 42.8 Å². The molecule has 0 aliphatic carbocycles. The summed E-state index contributed by atoms with van der Waals surface area (Å²) >= 11 is 12.9. The van der Waals surface area contributed by atoms with Crippen LogP contribution in [0.4, 0.5) is 10.1 Å². The van der Waals surface area contributed by atoms with E-state index in [9.17, 15) is 4.39 Å². The third-order valence-electron chi connectivity index (χ3n) is 3.52. The van der Waals surface area contributed by atoms with Crippen LogP contribution in [0.15, 0.2) is 50.6 Å². The van der Waals surface area contributed by atoms with E-state index in [-0.39, 0.29) is 12.4 Å². The van der Waals surface area contributed by atoms with Crippen LogP contribution in [0.25, 0.3) is 5.82 Å². The van der Waals surface area contributed by atoms with Gasteiger partial charge in [0.2, 0.25) is 5.90 Å². The van der Waals surface area contributed by atoms with Crippen LogP contribution in [0.3, 0.4) is 0 Å². The Morgan fingerprint density at radius 3 is 2.88 bits per heavy atom. The molecule has 2 aromatic heterocycles. The molecule has 0 fully saturated rings. The van der Waals surface area contributed by atoms with Crippen molar-refractivity contribution in [3.8, 4) is 5.82 Å². The maximum absolute atomic E-state index is 13.5. The number of halogens is 4. The van der Waals surface area contributed by atoms with E-state index in [1.807, 2.05) is 0 Å². The van der Waals surface area contributed by atoms with Crippen LogP contribution in [0.2, 0.25) is 5.02 Å². The monoisotopic (exact) mass is 484 g/mol. The highest BCUT2D eigenvalue weighted by atomic mass is 79.9. The molecule has 9 heteroatoms. The quantitative estimate of drug-likeness (QED) is 0.501. The first-order valence-corrected chi connectivity index (χ1v) is 9.05. The summed E-state index contributed by atoms with van der Waals surface area (Å²) in [4.78, 5) is 8.78. The van der Waals surface area contributed by atoms with Gasteiger partial charge in [-0.2, -0.15) is 5.10 Å². The van der Waals surface area contributed by atoms with Gasteiger partial charge in [0.1, 0.15) is 22.7 Å². The largest absolute Gasteiger partial charge is 0.471 e. The smallest absolute Gasteiger partial charge is 0.241 e. The number of aromatic nitrogens is 3. The van der Waals surface area contributed by atoms with Gasteiger partial charge in [0, 0.05) is 22.3 Å². The van der Waals surface area contributed by atoms with E-state index in [1.165, 1.54) is 12.1 Å². The van der Waals surface area contributed by atoms with Crippen molar-refractivity contribution in [2.75, 3.05) is 0 Å². The van der Waals surface area contributed by atoms with Crippen LogP contribution in [-0.4, -0.2) is 20.7 Å². The fraction of sp³-hybridized carbons (Fsp3) is 0.0625. The Hall–Kier alpha value is -1.77. The minimum atomic E-state index is -0.346. The number of rotatable bonds is 2. The molecule has 0 N–H and O–H groups in total. The lowest BCUT2D eigenvalue weighted by Crippen LogP contribution is -2.17. The number of hydrogen-bond acceptors (Lipinski definition) is 4. The molecule has 0 spiro atoms. The van der Waals surface area contributed by atoms with Gasteiger partial charge in [0.15, 0.2) is 5.82 Å². The number of hydrogen-bond donors (Lipinski definition) is 0. The number of fused-ring (bicyclic) bond motifs is 1. The molecule has 5 nitrogen and oxygen atoms in total. The Bertz CT molecular complexity index is 1020. The number of pyridine rings is 1. The van der Waals surface area contributed by atoms with E-state index in [2.05, 4.69) is 46.9 Å². The van der Waals surface area contributed by atoms with Crippen LogP contribution in [0.5, 0.6) is 0 Å². The lowest BCUT2D eigenvalue weighted by molar-refractivity contribution is 0.286. The Balaban J connectivity index is 1.87. The molecule has 3 aromatic rings. The standard InChI is InChI=1S/C16H8Br2ClFN4O/c17-10-5-9(20)4-8-7-25-16(22-14(8)10)12-6-13(18)23-24(12)15-11(19)2-1-3-21-15/h1-6H,7H2. The lowest BCUT2D eigenvalue weighted by atomic mass is 10.1. The van der Waals surface area contributed by atoms with Gasteiger partial charge < -0.3 is 4.74 Å². The first kappa shape index (κ1) is 16.7. The van der Waals surface area contributed by atoms with Gasteiger partial charge in [0.05, 0.1) is 10.7 Å². The second-order valence-corrected chi connectivity index (χ2v) is 7.25. The van der Waals surface area contributed by atoms with Crippen molar-refractivity contribution >= 4 is 55.0 Å². The van der Waals surface area contributed by atoms with Gasteiger partial charge in [-0.3, -0.25) is 0 Å². The van der Waals surface area contributed by atoms with Crippen molar-refractivity contribution in [3.63, 3.8) is 0 Å². The molecule has 0 radical (unpaired) electrons. The summed E-state index contributed by atoms with van der Waals surface area (Å²) < 4.78 is 21.9. The summed E-state index contributed by atoms with van der Waals surface area (Å²) in [5.41, 5.74) is 1.87. The minimum absolute atomic E-state index is 0.198. The molecule has 0 saturated heterocycles. The predicted molar refractivity (Wildman–Crippen MR) is 99.2 cm³/mol. The van der Waals surface area contributed by atoms with Gasteiger partial charge in [-0.05, 0) is 56.1 Å². The molecular weight excluding hydrogens is 478 g/mol. The van der Waals surface area contributed by atoms with Crippen molar-refractivity contribution in [2.24, 2.45) is 4.99 Å². The Labute approximate surface area is 163 Å². The highest BCUT2D eigenvalue weighted by Gasteiger charge is 2.23. The summed E-state index contributed by atoms with van der Waals surface area (Å²) in [7, 11) is 0. The molecular formula is C16H8Br2ClFN4O. The second kappa shape index (κ2) is 6.51. The zero-order valence-electron chi connectivity index (χ0n) is 12.4. The topological polar surface area (TPSA) is 52.3 Å². The fourth-order valence-electron chi connectivity index (χ4n) is 2.46. The highest BCUT2D eigenvalue weighted by Crippen LogP contribution is 2.35. The SMILES string of the molecule is Fc1cc(Br)c2c(c1)COC(c1cc(Br)nn1-c1ncccc1Cl)=N2. The van der Waals surface area contributed by atoms with Crippen LogP contribution >= 0.6 is 43.5 Å². The molecule has 0 bridgehead atoms. The van der Waals surface area contributed by atoms with Crippen LogP contribution in [-0.2, 0) is 11.3 Å². The minimum Gasteiger partial charge on any atom is -0.471 e. The summed E-state index contributed by atoms with van der Waals surface area (Å²) in [6.07, 6.45) is 1.62. The molecule has 0 unspecified atom stereocenters. The molecule has 1 aliphatic heterocycles. The average molecular weight is 487 g/mol. The Morgan fingerprint density at radius 1 is 1.24 bits per heavy atom. The zero-order chi connectivity index (χ0) is 17.6. The first-order valence-electron chi connectivity index (χ1n) is 7.09. The van der Waals surface area contributed by atoms with E-state index >= 15 is 0 Å². The maximum Gasteiger partial charge on any atom is 0.241 e. The van der Waals surface area contributed by atoms with Crippen molar-refractivity contribution < 1.29 is 9.13 Å². The molecule has 0 atom stereocenters. The van der Waals surface area contributed by atoms with E-state index in [0.717, 1.165) is 0 Å². The van der Waals surface area contributed by atoms with Crippen LogP contribution in [0.1, 0.15) is 11.3 Å². The summed E-state index contributed by atoms with van der Waals surface area (Å²) in [6, 6.07) is 7.99. The average Bonchev–Trinajstić information content (AvgIpc) is 2.96. The number of ether oxygens (including phenoxy) is 1. The second-order valence-electron chi connectivity index (χ2n) is 5.17. The fourth-order valence-corrected chi connectivity index (χ4v) is 3.60. The third-order valence-corrected chi connectivity index (χ3v) is 4.81. The van der Waals surface area contributed by atoms with Crippen molar-refractivity contribution in [3.05, 3.63) is 67.7 Å². The zero-order valence-corrected chi connectivity index (χ0v) is 16.3. The van der Waals surface area contributed by atoms with Crippen molar-refractivity contribution in [2.45, 2.75) is 6.61 Å². The summed E-state index contributed by atoms with van der Waals surface area (Å²) in [6.45, 7) is 0.198. The molecule has 3 heterocycles. The van der Waals surface area contributed by atoms with Gasteiger partial charge in [0.25, 0.3) is 0 Å². The molecule has 1 aromatic carbocycles. The maximum atomic E-state index is 13.5. The molecule has 0 saturated carbocycles. The third kappa shape index (κ3) is 3.09. The lowest BCUT2D eigenvalue weighted by Gasteiger charge is -2.18. The normalized spacial score (nSPS) is 13.2. The predicted octanol–water partition coefficient (Wildman–Crippen LogP) is 5.19. The number of nitrogens with zero attached hydrogens (tertiary/aromatic N) is 4. The molecule has 1 aliphatic rings. The summed E-state index contributed by atoms with van der Waals surface area (Å²) in [5.74, 6) is 0.459. The molecule has 126 valence electrons.